The van der Waals surface area contributed by atoms with Crippen LogP contribution in [0.5, 0.6) is 0 Å². The normalized spacial score (nSPS) is 16.8. The fraction of sp³-hybridized carbons (Fsp3) is 0.381. The predicted octanol–water partition coefficient (Wildman–Crippen LogP) is 2.95. The number of nitrogens with zero attached hydrogens (tertiary/aromatic N) is 2. The first-order valence-corrected chi connectivity index (χ1v) is 11.2. The first kappa shape index (κ1) is 22.2. The molecule has 1 heterocycles. The molecule has 1 fully saturated rings. The molecule has 0 saturated carbocycles. The summed E-state index contributed by atoms with van der Waals surface area (Å²) in [6.45, 7) is 5.69. The quantitative estimate of drug-likeness (QED) is 0.758. The fourth-order valence-corrected chi connectivity index (χ4v) is 4.76. The molecule has 0 spiro atoms. The highest BCUT2D eigenvalue weighted by atomic mass is 32.2. The molecule has 2 N–H and O–H groups in total. The number of carbonyl (C=O) groups is 1. The van der Waals surface area contributed by atoms with Crippen molar-refractivity contribution < 1.29 is 17.6 Å². The Morgan fingerprint density at radius 3 is 2.47 bits per heavy atom. The van der Waals surface area contributed by atoms with Gasteiger partial charge in [-0.25, -0.2) is 17.6 Å². The van der Waals surface area contributed by atoms with Crippen molar-refractivity contribution in [3.63, 3.8) is 0 Å². The molecule has 1 aliphatic heterocycles. The van der Waals surface area contributed by atoms with Crippen molar-refractivity contribution in [1.29, 1.82) is 0 Å². The molecule has 7 nitrogen and oxygen atoms in total. The molecule has 3 rings (SSSR count). The summed E-state index contributed by atoms with van der Waals surface area (Å²) in [7, 11) is -1.66. The van der Waals surface area contributed by atoms with Gasteiger partial charge in [0.05, 0.1) is 10.9 Å². The van der Waals surface area contributed by atoms with Crippen LogP contribution in [0.15, 0.2) is 47.4 Å². The second kappa shape index (κ2) is 9.11. The maximum Gasteiger partial charge on any atom is 0.319 e. The third-order valence-electron chi connectivity index (χ3n) is 5.22. The smallest absolute Gasteiger partial charge is 0.319 e. The van der Waals surface area contributed by atoms with E-state index in [1.165, 1.54) is 22.5 Å². The first-order chi connectivity index (χ1) is 14.2. The topological polar surface area (TPSA) is 81.8 Å². The number of aryl methyl sites for hydroxylation is 1. The largest absolute Gasteiger partial charge is 0.331 e. The van der Waals surface area contributed by atoms with Gasteiger partial charge in [-0.2, -0.15) is 4.31 Å². The molecular formula is C21H27FN4O3S. The summed E-state index contributed by atoms with van der Waals surface area (Å²) in [5.74, 6) is -0.297. The summed E-state index contributed by atoms with van der Waals surface area (Å²) in [5.41, 5.74) is 1.66. The molecule has 1 atom stereocenters. The SMILES string of the molecule is Cc1cc(C(C)NC(=O)Nc2cccc(S(=O)(=O)N3CCN(C)CC3)c2)ccc1F. The Hall–Kier alpha value is -2.49. The van der Waals surface area contributed by atoms with Crippen molar-refractivity contribution >= 4 is 21.7 Å². The van der Waals surface area contributed by atoms with Crippen molar-refractivity contribution in [2.24, 2.45) is 0 Å². The van der Waals surface area contributed by atoms with Gasteiger partial charge in [-0.1, -0.05) is 18.2 Å². The molecule has 9 heteroatoms. The lowest BCUT2D eigenvalue weighted by Crippen LogP contribution is -2.47. The van der Waals surface area contributed by atoms with E-state index in [0.717, 1.165) is 5.56 Å². The van der Waals surface area contributed by atoms with Gasteiger partial charge in [-0.3, -0.25) is 0 Å². The number of halogens is 1. The maximum atomic E-state index is 13.4. The van der Waals surface area contributed by atoms with Crippen LogP contribution in [0.1, 0.15) is 24.1 Å². The monoisotopic (exact) mass is 434 g/mol. The van der Waals surface area contributed by atoms with Gasteiger partial charge >= 0.3 is 6.03 Å². The van der Waals surface area contributed by atoms with Crippen LogP contribution in [0, 0.1) is 12.7 Å². The Labute approximate surface area is 176 Å². The van der Waals surface area contributed by atoms with Gasteiger partial charge in [0.15, 0.2) is 0 Å². The first-order valence-electron chi connectivity index (χ1n) is 9.79. The molecule has 2 aromatic carbocycles. The van der Waals surface area contributed by atoms with Gasteiger partial charge in [0.25, 0.3) is 0 Å². The summed E-state index contributed by atoms with van der Waals surface area (Å²) < 4.78 is 40.7. The fourth-order valence-electron chi connectivity index (χ4n) is 3.30. The van der Waals surface area contributed by atoms with Crippen LogP contribution in [-0.2, 0) is 10.0 Å². The molecule has 2 aromatic rings. The standard InChI is InChI=1S/C21H27FN4O3S/c1-15-13-17(7-8-20(15)22)16(2)23-21(27)24-18-5-4-6-19(14-18)30(28,29)26-11-9-25(3)10-12-26/h4-8,13-14,16H,9-12H2,1-3H3,(H2,23,24,27). The molecule has 0 aromatic heterocycles. The van der Waals surface area contributed by atoms with Crippen LogP contribution in [0.4, 0.5) is 14.9 Å². The maximum absolute atomic E-state index is 13.4. The van der Waals surface area contributed by atoms with Crippen molar-refractivity contribution in [2.75, 3.05) is 38.5 Å². The highest BCUT2D eigenvalue weighted by Gasteiger charge is 2.27. The molecule has 1 saturated heterocycles. The van der Waals surface area contributed by atoms with E-state index < -0.39 is 16.1 Å². The summed E-state index contributed by atoms with van der Waals surface area (Å²) in [6.07, 6.45) is 0. The second-order valence-electron chi connectivity index (χ2n) is 7.56. The molecule has 0 aliphatic carbocycles. The van der Waals surface area contributed by atoms with Gasteiger partial charge in [0, 0.05) is 31.9 Å². The Morgan fingerprint density at radius 2 is 1.80 bits per heavy atom. The van der Waals surface area contributed by atoms with E-state index in [1.807, 2.05) is 7.05 Å². The number of benzene rings is 2. The van der Waals surface area contributed by atoms with E-state index in [4.69, 9.17) is 0 Å². The van der Waals surface area contributed by atoms with E-state index in [9.17, 15) is 17.6 Å². The second-order valence-corrected chi connectivity index (χ2v) is 9.50. The van der Waals surface area contributed by atoms with E-state index >= 15 is 0 Å². The lowest BCUT2D eigenvalue weighted by Gasteiger charge is -2.31. The minimum Gasteiger partial charge on any atom is -0.331 e. The molecule has 1 unspecified atom stereocenters. The van der Waals surface area contributed by atoms with Crippen LogP contribution in [0.25, 0.3) is 0 Å². The van der Waals surface area contributed by atoms with Gasteiger partial charge < -0.3 is 15.5 Å². The highest BCUT2D eigenvalue weighted by Crippen LogP contribution is 2.21. The van der Waals surface area contributed by atoms with Crippen LogP contribution < -0.4 is 10.6 Å². The van der Waals surface area contributed by atoms with E-state index in [0.29, 0.717) is 37.4 Å². The molecule has 162 valence electrons. The number of piperazine rings is 1. The van der Waals surface area contributed by atoms with Crippen molar-refractivity contribution in [2.45, 2.75) is 24.8 Å². The van der Waals surface area contributed by atoms with Gasteiger partial charge in [-0.05, 0) is 56.3 Å². The Bertz CT molecular complexity index is 1020. The van der Waals surface area contributed by atoms with Crippen molar-refractivity contribution in [3.05, 3.63) is 59.4 Å². The van der Waals surface area contributed by atoms with Gasteiger partial charge in [0.1, 0.15) is 5.82 Å². The Morgan fingerprint density at radius 1 is 1.10 bits per heavy atom. The number of anilines is 1. The molecular weight excluding hydrogens is 407 g/mol. The third-order valence-corrected chi connectivity index (χ3v) is 7.12. The van der Waals surface area contributed by atoms with Crippen molar-refractivity contribution in [1.82, 2.24) is 14.5 Å². The number of sulfonamides is 1. The van der Waals surface area contributed by atoms with Crippen molar-refractivity contribution in [3.8, 4) is 0 Å². The van der Waals surface area contributed by atoms with Crippen LogP contribution in [0.2, 0.25) is 0 Å². The number of rotatable bonds is 5. The number of likely N-dealkylation sites (N-methyl/N-ethyl adjacent to an activating group) is 1. The molecule has 0 radical (unpaired) electrons. The minimum absolute atomic E-state index is 0.145. The summed E-state index contributed by atoms with van der Waals surface area (Å²) in [5, 5.41) is 5.46. The van der Waals surface area contributed by atoms with Gasteiger partial charge in [-0.15, -0.1) is 0 Å². The van der Waals surface area contributed by atoms with E-state index in [1.54, 1.807) is 38.1 Å². The number of hydrogen-bond acceptors (Lipinski definition) is 4. The van der Waals surface area contributed by atoms with E-state index in [-0.39, 0.29) is 16.8 Å². The number of amides is 2. The molecule has 0 bridgehead atoms. The molecule has 30 heavy (non-hydrogen) atoms. The van der Waals surface area contributed by atoms with Crippen LogP contribution in [0.3, 0.4) is 0 Å². The number of nitrogens with one attached hydrogen (secondary N) is 2. The van der Waals surface area contributed by atoms with E-state index in [2.05, 4.69) is 15.5 Å². The molecule has 1 aliphatic rings. The number of carbonyl (C=O) groups excluding carboxylic acids is 1. The third kappa shape index (κ3) is 5.16. The summed E-state index contributed by atoms with van der Waals surface area (Å²) in [4.78, 5) is 14.6. The molecule has 2 amide bonds. The average Bonchev–Trinajstić information content (AvgIpc) is 2.70. The number of urea groups is 1. The minimum atomic E-state index is -3.62. The lowest BCUT2D eigenvalue weighted by atomic mass is 10.1. The zero-order valence-corrected chi connectivity index (χ0v) is 18.2. The Balaban J connectivity index is 1.67. The van der Waals surface area contributed by atoms with Crippen LogP contribution in [-0.4, -0.2) is 56.9 Å². The van der Waals surface area contributed by atoms with Crippen LogP contribution >= 0.6 is 0 Å². The summed E-state index contributed by atoms with van der Waals surface area (Å²) >= 11 is 0. The lowest BCUT2D eigenvalue weighted by molar-refractivity contribution is 0.222. The van der Waals surface area contributed by atoms with Gasteiger partial charge in [0.2, 0.25) is 10.0 Å². The predicted molar refractivity (Wildman–Crippen MR) is 114 cm³/mol. The average molecular weight is 435 g/mol. The number of hydrogen-bond donors (Lipinski definition) is 2. The Kier molecular flexibility index (Phi) is 6.74. The summed E-state index contributed by atoms with van der Waals surface area (Å²) in [6, 6.07) is 10.1. The zero-order valence-electron chi connectivity index (χ0n) is 17.4. The zero-order chi connectivity index (χ0) is 21.9. The highest BCUT2D eigenvalue weighted by molar-refractivity contribution is 7.89.